The van der Waals surface area contributed by atoms with Gasteiger partial charge in [-0.1, -0.05) is 114 Å². The second kappa shape index (κ2) is 44.9. The number of esters is 2. The summed E-state index contributed by atoms with van der Waals surface area (Å²) >= 11 is 15.3. The van der Waals surface area contributed by atoms with Crippen LogP contribution in [-0.4, -0.2) is 122 Å². The predicted octanol–water partition coefficient (Wildman–Crippen LogP) is 9.67. The molecule has 0 saturated carbocycles. The number of rotatable bonds is 13. The fourth-order valence-corrected chi connectivity index (χ4v) is 12.5. The van der Waals surface area contributed by atoms with Crippen molar-refractivity contribution in [2.45, 2.75) is 46.6 Å². The molecule has 0 saturated heterocycles. The summed E-state index contributed by atoms with van der Waals surface area (Å²) in [7, 11) is -9.23. The van der Waals surface area contributed by atoms with Crippen molar-refractivity contribution in [3.63, 3.8) is 0 Å². The molecular weight excluding hydrogens is 1980 g/mol. The first-order chi connectivity index (χ1) is 51.1. The molecule has 0 amide bonds. The van der Waals surface area contributed by atoms with Gasteiger partial charge in [0.2, 0.25) is 0 Å². The molecule has 50 heteroatoms. The predicted molar refractivity (Wildman–Crippen MR) is 373 cm³/mol. The third kappa shape index (κ3) is 37.7. The minimum atomic E-state index is -9.19. The molecule has 114 heavy (non-hydrogen) atoms. The molecule has 0 aromatic heterocycles. The largest absolute Gasteiger partial charge is 1.00 e. The Balaban J connectivity index is -0.00000128. The van der Waals surface area contributed by atoms with Crippen LogP contribution < -0.4 is 39.6 Å². The molecule has 0 atom stereocenters. The fourth-order valence-electron chi connectivity index (χ4n) is 7.30. The third-order valence-corrected chi connectivity index (χ3v) is 18.4. The maximum absolute atomic E-state index is 12.3. The minimum Gasteiger partial charge on any atom is -1.00 e. The van der Waals surface area contributed by atoms with E-state index < -0.39 is 168 Å². The van der Waals surface area contributed by atoms with Crippen molar-refractivity contribution in [3.8, 4) is 0 Å². The zero-order chi connectivity index (χ0) is 86.2. The zero-order valence-electron chi connectivity index (χ0n) is 55.1. The van der Waals surface area contributed by atoms with Crippen molar-refractivity contribution in [3.05, 3.63) is 290 Å². The van der Waals surface area contributed by atoms with Crippen LogP contribution in [0.3, 0.4) is 0 Å². The van der Waals surface area contributed by atoms with Crippen LogP contribution in [0.1, 0.15) is 55.4 Å². The molecule has 0 heterocycles. The third-order valence-electron chi connectivity index (χ3n) is 11.9. The molecule has 0 aliphatic rings. The Morgan fingerprint density at radius 2 is 0.789 bits per heavy atom. The number of hydrogen-bond donors (Lipinski definition) is 2. The van der Waals surface area contributed by atoms with Crippen LogP contribution in [0.5, 0.6) is 0 Å². The fraction of sp³-hybridized carbons (Fsp3) is 0.0312. The molecule has 9 rings (SSSR count). The number of carboxylic acid groups (broad SMARTS) is 2. The molecule has 20 nitrogen and oxygen atoms in total. The molecule has 0 aliphatic carbocycles. The molecule has 9 aromatic carbocycles. The number of halogens is 22. The van der Waals surface area contributed by atoms with Crippen LogP contribution in [0.2, 0.25) is 20.1 Å². The minimum absolute atomic E-state index is 0. The number of ether oxygens (including phenoxy) is 2. The van der Waals surface area contributed by atoms with Crippen LogP contribution in [0, 0.1) is 29.1 Å². The maximum atomic E-state index is 12.3. The molecule has 4 radical (unpaired) electrons. The summed E-state index contributed by atoms with van der Waals surface area (Å²) in [5, 5.41) is 19.7. The van der Waals surface area contributed by atoms with E-state index in [1.807, 2.05) is 60.7 Å². The van der Waals surface area contributed by atoms with Gasteiger partial charge in [-0.05, 0) is 127 Å². The number of carbonyl (C=O) groups excluding carboxylic acids is 2. The van der Waals surface area contributed by atoms with Crippen molar-refractivity contribution in [2.75, 3.05) is 0 Å². The van der Waals surface area contributed by atoms with Crippen LogP contribution in [0.25, 0.3) is 0 Å². The van der Waals surface area contributed by atoms with Gasteiger partial charge in [-0.25, -0.2) is 74.8 Å². The van der Waals surface area contributed by atoms with Crippen molar-refractivity contribution in [1.82, 2.24) is 0 Å². The van der Waals surface area contributed by atoms with Gasteiger partial charge >= 0.3 is 70.6 Å². The summed E-state index contributed by atoms with van der Waals surface area (Å²) in [4.78, 5) is 45.0. The van der Waals surface area contributed by atoms with E-state index in [-0.39, 0.29) is 70.1 Å². The first-order valence-electron chi connectivity index (χ1n) is 28.0. The normalized spacial score (nSPS) is 11.4. The van der Waals surface area contributed by atoms with Gasteiger partial charge in [0.05, 0.1) is 76.4 Å². The van der Waals surface area contributed by atoms with Gasteiger partial charge in [0, 0.05) is 35.1 Å². The topological polar surface area (TPSA) is 356 Å². The first-order valence-corrected chi connectivity index (χ1v) is 41.2. The molecule has 0 fully saturated rings. The smallest absolute Gasteiger partial charge is 0 e. The molecule has 0 unspecified atom stereocenters. The Morgan fingerprint density at radius 1 is 0.439 bits per heavy atom. The van der Waals surface area contributed by atoms with Crippen molar-refractivity contribution >= 4 is 169 Å². The second-order valence-corrected chi connectivity index (χ2v) is 32.8. The van der Waals surface area contributed by atoms with E-state index >= 15 is 0 Å². The first kappa shape index (κ1) is 106. The van der Waals surface area contributed by atoms with Crippen LogP contribution in [0.4, 0.5) is 62.4 Å². The standard InChI is InChI=1S/C18H11Cl4S.C12H10O7S.C8H3BF6.2C7H6O5S.C6BF5.C6H6O3S.6FH.HI.Sb.2H2/c19-12-1-5-16(6-2-12)23(17-7-3-13(20)4-8-17)18-10-14(21)9-15(22)11-18;1-3-18-11(13)8-5-9(12(14)19-4-2)7-10(6-8)20(15,16)17;9-6-2-4(7(10,11)12)1-5(3-6)8(13,14)15;8-7(9)5-2-1-3-6(4-5)13(10,11)12;8-7(9)5-3-1-2-4-6(5)13(10,11)12;7-1-2(8)4(10)6(12)5(11)3(1)9;7-10(8,9)6-4-2-1-3-5-6;;;;;;;;;;/h1-11H;3-7H,1-2H2,(H,15,16,17);1-3H;2*1-4H,(H,8,9)(H,10,11,12);;1-5H,(H,7,8,9);7*1H;;2*1H/q+1;;;;;;;;;;;;;;+5;;/p-11. The van der Waals surface area contributed by atoms with Gasteiger partial charge in [0.1, 0.15) is 56.2 Å². The number of aromatic carboxylic acids is 2. The van der Waals surface area contributed by atoms with Crippen molar-refractivity contribution < 1.29 is 185 Å². The zero-order valence-corrected chi connectivity index (χ0v) is 66.9. The number of benzene rings is 9. The Morgan fingerprint density at radius 3 is 1.11 bits per heavy atom. The maximum Gasteiger partial charge on any atom is 0 e. The number of alkyl halides is 6. The Labute approximate surface area is 684 Å². The Kier molecular flexibility index (Phi) is 41.7. The number of carboxylic acids is 2. The molecule has 0 aliphatic heterocycles. The molecular formula is C64H42B2Cl4F17IO20S5Sb-5. The average Bonchev–Trinajstić information content (AvgIpc) is 0.817. The van der Waals surface area contributed by atoms with E-state index in [0.717, 1.165) is 69.7 Å². The monoisotopic (exact) mass is 2020 g/mol. The number of hydrogen-bond acceptors (Lipinski definition) is 18. The van der Waals surface area contributed by atoms with Crippen molar-refractivity contribution in [2.24, 2.45) is 0 Å². The molecule has 0 bridgehead atoms. The Hall–Kier alpha value is -8.02. The second-order valence-electron chi connectivity index (χ2n) is 19.9. The quantitative estimate of drug-likeness (QED) is 0.0125. The van der Waals surface area contributed by atoms with Gasteiger partial charge < -0.3 is 66.6 Å². The van der Waals surface area contributed by atoms with E-state index in [0.29, 0.717) is 32.2 Å². The van der Waals surface area contributed by atoms with E-state index in [1.54, 1.807) is 12.1 Å². The molecule has 0 spiro atoms. The van der Waals surface area contributed by atoms with Crippen LogP contribution >= 0.6 is 46.4 Å². The van der Waals surface area contributed by atoms with Crippen LogP contribution in [-0.2, 0) is 73.2 Å². The van der Waals surface area contributed by atoms with E-state index in [2.05, 4.69) is 30.5 Å². The SMILES string of the molecule is C=COC(=O)c1cc(C(=O)OC=C)cc(S(=O)(=O)[O-])c1.Clc1ccc([S+](c2ccc(Cl)cc2)c2cc(Cl)cc(Cl)c2)cc1.O=C(O)c1cccc(S(=O)(=O)[O-])c1.O=C(O)c1ccccc1S(=O)(=O)[O-].O=S(=O)([O-])c1ccccc1.[B]c1c(F)c(F)c(F)c(F)c1F.[B]c1cc(C(F)(F)F)cc(C(F)(F)F)c1.[F-].[F][Sb]([F])([F])([F])[F].[HH].[HH].[I-]. The van der Waals surface area contributed by atoms with E-state index in [1.165, 1.54) is 48.5 Å². The van der Waals surface area contributed by atoms with Gasteiger partial charge in [-0.3, -0.25) is 0 Å². The van der Waals surface area contributed by atoms with Gasteiger partial charge in [0.15, 0.2) is 43.8 Å². The Bertz CT molecular complexity index is 5140. The van der Waals surface area contributed by atoms with Crippen LogP contribution in [0.15, 0.2) is 242 Å². The summed E-state index contributed by atoms with van der Waals surface area (Å²) in [6, 6.07) is 40.9. The summed E-state index contributed by atoms with van der Waals surface area (Å²) < 4.78 is 319. The van der Waals surface area contributed by atoms with Crippen molar-refractivity contribution in [1.29, 1.82) is 0 Å². The molecule has 618 valence electrons. The van der Waals surface area contributed by atoms with Gasteiger partial charge in [-0.15, -0.1) is 0 Å². The molecule has 2 N–H and O–H groups in total. The van der Waals surface area contributed by atoms with E-state index in [9.17, 15) is 133 Å². The molecule has 9 aromatic rings. The van der Waals surface area contributed by atoms with Gasteiger partial charge in [-0.2, -0.15) is 26.3 Å². The summed E-state index contributed by atoms with van der Waals surface area (Å²) in [6.45, 7) is 6.31. The summed E-state index contributed by atoms with van der Waals surface area (Å²) in [6.07, 6.45) is -8.03. The summed E-state index contributed by atoms with van der Waals surface area (Å²) in [5.41, 5.74) is -6.10. The average molecular weight is 2030 g/mol. The summed E-state index contributed by atoms with van der Waals surface area (Å²) in [5.74, 6) is -15.0. The van der Waals surface area contributed by atoms with Gasteiger partial charge in [0.25, 0.3) is 0 Å². The number of carbonyl (C=O) groups is 4. The van der Waals surface area contributed by atoms with E-state index in [4.69, 9.17) is 64.5 Å².